The molecule has 4 fully saturated rings. The van der Waals surface area contributed by atoms with Crippen LogP contribution in [-0.2, 0) is 0 Å². The zero-order valence-electron chi connectivity index (χ0n) is 8.67. The summed E-state index contributed by atoms with van der Waals surface area (Å²) in [5, 5.41) is 0. The van der Waals surface area contributed by atoms with Gasteiger partial charge in [-0.3, -0.25) is 0 Å². The molecule has 2 aliphatic heterocycles. The van der Waals surface area contributed by atoms with Gasteiger partial charge in [-0.2, -0.15) is 0 Å². The first-order valence-electron chi connectivity index (χ1n) is 5.78. The van der Waals surface area contributed by atoms with E-state index in [1.807, 2.05) is 0 Å². The van der Waals surface area contributed by atoms with E-state index < -0.39 is 0 Å². The first kappa shape index (κ1) is 8.76. The molecule has 2 nitrogen and oxygen atoms in total. The molecule has 4 rings (SSSR count). The van der Waals surface area contributed by atoms with Crippen LogP contribution in [-0.4, -0.2) is 40.2 Å². The van der Waals surface area contributed by atoms with Crippen molar-refractivity contribution in [1.82, 2.24) is 8.01 Å². The molecular weight excluding hydrogens is 287 g/mol. The third kappa shape index (κ3) is 0.861. The minimum absolute atomic E-state index is 0.722. The van der Waals surface area contributed by atoms with Crippen molar-refractivity contribution in [3.63, 3.8) is 0 Å². The minimum atomic E-state index is 0.722. The van der Waals surface area contributed by atoms with E-state index in [4.69, 9.17) is 0 Å². The number of halogens is 1. The second-order valence-electron chi connectivity index (χ2n) is 6.04. The van der Waals surface area contributed by atoms with Gasteiger partial charge >= 0.3 is 0 Å². The first-order valence-corrected chi connectivity index (χ1v) is 6.75. The maximum atomic E-state index is 2.62. The summed E-state index contributed by atoms with van der Waals surface area (Å²) in [6.07, 6.45) is 4.57. The lowest BCUT2D eigenvalue weighted by Crippen LogP contribution is -2.50. The molecule has 0 aromatic heterocycles. The van der Waals surface area contributed by atoms with Crippen LogP contribution in [0.4, 0.5) is 0 Å². The standard InChI is InChI=1S/C11H17IN2/c1-13-3-2-11(13)5-9(11)8-4-10(8)6-14(12)7-10/h8-9H,2-7H2,1H3. The molecule has 2 aliphatic carbocycles. The zero-order chi connectivity index (χ0) is 9.55. The van der Waals surface area contributed by atoms with Gasteiger partial charge in [0.2, 0.25) is 0 Å². The topological polar surface area (TPSA) is 6.48 Å². The van der Waals surface area contributed by atoms with Gasteiger partial charge in [-0.1, -0.05) is 0 Å². The van der Waals surface area contributed by atoms with Crippen LogP contribution in [0, 0.1) is 17.3 Å². The Bertz CT molecular complexity index is 300. The molecule has 0 amide bonds. The number of hydrogen-bond acceptors (Lipinski definition) is 2. The Hall–Kier alpha value is 0.650. The zero-order valence-corrected chi connectivity index (χ0v) is 10.8. The fraction of sp³-hybridized carbons (Fsp3) is 1.00. The molecule has 2 saturated carbocycles. The minimum Gasteiger partial charge on any atom is -0.300 e. The second-order valence-corrected chi connectivity index (χ2v) is 7.40. The van der Waals surface area contributed by atoms with Crippen molar-refractivity contribution in [1.29, 1.82) is 0 Å². The summed E-state index contributed by atoms with van der Waals surface area (Å²) in [4.78, 5) is 2.62. The highest BCUT2D eigenvalue weighted by molar-refractivity contribution is 14.1. The van der Waals surface area contributed by atoms with E-state index >= 15 is 0 Å². The van der Waals surface area contributed by atoms with Crippen LogP contribution in [0.5, 0.6) is 0 Å². The molecule has 2 heterocycles. The van der Waals surface area contributed by atoms with Crippen molar-refractivity contribution in [2.75, 3.05) is 26.7 Å². The van der Waals surface area contributed by atoms with Crippen LogP contribution in [0.25, 0.3) is 0 Å². The fourth-order valence-corrected chi connectivity index (χ4v) is 5.50. The molecule has 4 aliphatic rings. The molecule has 0 bridgehead atoms. The van der Waals surface area contributed by atoms with Crippen molar-refractivity contribution in [3.05, 3.63) is 0 Å². The van der Waals surface area contributed by atoms with Crippen molar-refractivity contribution < 1.29 is 0 Å². The van der Waals surface area contributed by atoms with Gasteiger partial charge < -0.3 is 4.90 Å². The van der Waals surface area contributed by atoms with Crippen LogP contribution < -0.4 is 0 Å². The molecule has 0 aromatic carbocycles. The molecule has 0 radical (unpaired) electrons. The average molecular weight is 304 g/mol. The molecule has 14 heavy (non-hydrogen) atoms. The predicted octanol–water partition coefficient (Wildman–Crippen LogP) is 1.75. The van der Waals surface area contributed by atoms with Crippen LogP contribution in [0.1, 0.15) is 19.3 Å². The van der Waals surface area contributed by atoms with Gasteiger partial charge in [-0.15, -0.1) is 0 Å². The maximum absolute atomic E-state index is 2.62. The molecule has 3 heteroatoms. The Labute approximate surface area is 99.5 Å². The SMILES string of the molecule is CN1CCC12CC2C1CC12CN(I)C2. The molecular formula is C11H17IN2. The van der Waals surface area contributed by atoms with E-state index in [0.29, 0.717) is 0 Å². The van der Waals surface area contributed by atoms with E-state index in [-0.39, 0.29) is 0 Å². The maximum Gasteiger partial charge on any atom is 0.0253 e. The fourth-order valence-electron chi connectivity index (χ4n) is 4.14. The largest absolute Gasteiger partial charge is 0.300 e. The third-order valence-electron chi connectivity index (χ3n) is 5.46. The summed E-state index contributed by atoms with van der Waals surface area (Å²) in [7, 11) is 2.32. The number of hydrogen-bond donors (Lipinski definition) is 0. The summed E-state index contributed by atoms with van der Waals surface area (Å²) in [6.45, 7) is 4.12. The normalized spacial score (nSPS) is 54.4. The van der Waals surface area contributed by atoms with E-state index in [1.54, 1.807) is 6.42 Å². The van der Waals surface area contributed by atoms with Crippen LogP contribution in [0.15, 0.2) is 0 Å². The van der Waals surface area contributed by atoms with Crippen molar-refractivity contribution in [3.8, 4) is 0 Å². The van der Waals surface area contributed by atoms with Gasteiger partial charge in [-0.05, 0) is 38.1 Å². The Kier molecular flexibility index (Phi) is 1.46. The number of nitrogens with zero attached hydrogens (tertiary/aromatic N) is 2. The highest BCUT2D eigenvalue weighted by atomic mass is 127. The molecule has 78 valence electrons. The quantitative estimate of drug-likeness (QED) is 0.538. The monoisotopic (exact) mass is 304 g/mol. The van der Waals surface area contributed by atoms with E-state index in [0.717, 1.165) is 22.8 Å². The van der Waals surface area contributed by atoms with Gasteiger partial charge in [0.15, 0.2) is 0 Å². The Morgan fingerprint density at radius 2 is 2.00 bits per heavy atom. The van der Waals surface area contributed by atoms with Gasteiger partial charge in [0, 0.05) is 53.5 Å². The lowest BCUT2D eigenvalue weighted by Gasteiger charge is -2.41. The van der Waals surface area contributed by atoms with Gasteiger partial charge in [0.1, 0.15) is 0 Å². The summed E-state index contributed by atoms with van der Waals surface area (Å²) < 4.78 is 2.46. The Morgan fingerprint density at radius 3 is 2.43 bits per heavy atom. The first-order chi connectivity index (χ1) is 6.66. The molecule has 0 aromatic rings. The van der Waals surface area contributed by atoms with Crippen LogP contribution in [0.2, 0.25) is 0 Å². The van der Waals surface area contributed by atoms with Crippen LogP contribution in [0.3, 0.4) is 0 Å². The van der Waals surface area contributed by atoms with E-state index in [1.165, 1.54) is 32.5 Å². The van der Waals surface area contributed by atoms with E-state index in [9.17, 15) is 0 Å². The van der Waals surface area contributed by atoms with Crippen LogP contribution >= 0.6 is 22.9 Å². The molecule has 2 saturated heterocycles. The smallest absolute Gasteiger partial charge is 0.0253 e. The lowest BCUT2D eigenvalue weighted by atomic mass is 9.90. The van der Waals surface area contributed by atoms with E-state index in [2.05, 4.69) is 37.9 Å². The molecule has 0 N–H and O–H groups in total. The highest BCUT2D eigenvalue weighted by Gasteiger charge is 2.74. The molecule has 2 spiro atoms. The summed E-state index contributed by atoms with van der Waals surface area (Å²) >= 11 is 2.47. The summed E-state index contributed by atoms with van der Waals surface area (Å²) in [5.41, 5.74) is 1.53. The third-order valence-corrected chi connectivity index (χ3v) is 6.14. The second kappa shape index (κ2) is 2.33. The summed E-state index contributed by atoms with van der Waals surface area (Å²) in [6, 6.07) is 0. The average Bonchev–Trinajstić information content (AvgIpc) is 2.90. The predicted molar refractivity (Wildman–Crippen MR) is 64.2 cm³/mol. The van der Waals surface area contributed by atoms with Crippen molar-refractivity contribution in [2.24, 2.45) is 17.3 Å². The number of rotatable bonds is 1. The van der Waals surface area contributed by atoms with Gasteiger partial charge in [-0.25, -0.2) is 3.11 Å². The Balaban J connectivity index is 1.45. The van der Waals surface area contributed by atoms with Crippen molar-refractivity contribution >= 4 is 22.9 Å². The lowest BCUT2D eigenvalue weighted by molar-refractivity contribution is 0.0770. The highest BCUT2D eigenvalue weighted by Crippen LogP contribution is 2.73. The van der Waals surface area contributed by atoms with Gasteiger partial charge in [0.05, 0.1) is 0 Å². The van der Waals surface area contributed by atoms with Gasteiger partial charge in [0.25, 0.3) is 0 Å². The molecule has 3 atom stereocenters. The number of likely N-dealkylation sites (tertiary alicyclic amines) is 1. The molecule has 3 unspecified atom stereocenters. The van der Waals surface area contributed by atoms with Crippen molar-refractivity contribution in [2.45, 2.75) is 24.8 Å². The Morgan fingerprint density at radius 1 is 1.21 bits per heavy atom. The summed E-state index contributed by atoms with van der Waals surface area (Å²) in [5.74, 6) is 2.20.